The van der Waals surface area contributed by atoms with Crippen molar-refractivity contribution in [3.8, 4) is 0 Å². The van der Waals surface area contributed by atoms with E-state index in [1.165, 1.54) is 12.5 Å². The number of nitrogens with one attached hydrogen (secondary N) is 1. The van der Waals surface area contributed by atoms with Gasteiger partial charge in [0.1, 0.15) is 5.82 Å². The number of ether oxygens (including phenoxy) is 1. The van der Waals surface area contributed by atoms with Gasteiger partial charge in [0, 0.05) is 12.6 Å². The molecule has 0 bridgehead atoms. The molecule has 0 spiro atoms. The Kier molecular flexibility index (Phi) is 5.14. The quantitative estimate of drug-likeness (QED) is 0.869. The zero-order chi connectivity index (χ0) is 12.8. The first-order valence-electron chi connectivity index (χ1n) is 6.85. The van der Waals surface area contributed by atoms with E-state index in [1.54, 1.807) is 6.07 Å². The molecule has 3 heteroatoms. The van der Waals surface area contributed by atoms with E-state index in [-0.39, 0.29) is 5.82 Å². The van der Waals surface area contributed by atoms with E-state index in [0.717, 1.165) is 38.2 Å². The average Bonchev–Trinajstić information content (AvgIpc) is 2.42. The molecule has 2 rings (SSSR count). The smallest absolute Gasteiger partial charge is 0.126 e. The van der Waals surface area contributed by atoms with Gasteiger partial charge in [-0.2, -0.15) is 0 Å². The second-order valence-electron chi connectivity index (χ2n) is 4.94. The van der Waals surface area contributed by atoms with Crippen molar-refractivity contribution in [2.45, 2.75) is 32.2 Å². The van der Waals surface area contributed by atoms with Crippen molar-refractivity contribution >= 4 is 0 Å². The predicted octanol–water partition coefficient (Wildman–Crippen LogP) is 2.77. The van der Waals surface area contributed by atoms with Crippen LogP contribution in [0.4, 0.5) is 4.39 Å². The fourth-order valence-electron chi connectivity index (χ4n) is 2.65. The number of hydrogen-bond acceptors (Lipinski definition) is 2. The zero-order valence-electron chi connectivity index (χ0n) is 11.0. The van der Waals surface area contributed by atoms with Gasteiger partial charge in [0.15, 0.2) is 0 Å². The monoisotopic (exact) mass is 251 g/mol. The summed E-state index contributed by atoms with van der Waals surface area (Å²) in [6, 6.07) is 7.37. The van der Waals surface area contributed by atoms with Crippen LogP contribution in [0.1, 0.15) is 25.3 Å². The number of benzene rings is 1. The average molecular weight is 251 g/mol. The van der Waals surface area contributed by atoms with Crippen LogP contribution in [-0.2, 0) is 11.2 Å². The molecule has 2 atom stereocenters. The first-order chi connectivity index (χ1) is 8.81. The predicted molar refractivity (Wildman–Crippen MR) is 71.1 cm³/mol. The van der Waals surface area contributed by atoms with Gasteiger partial charge in [0.05, 0.1) is 6.61 Å². The fourth-order valence-corrected chi connectivity index (χ4v) is 2.65. The second kappa shape index (κ2) is 6.86. The molecule has 1 aromatic carbocycles. The van der Waals surface area contributed by atoms with Gasteiger partial charge in [-0.15, -0.1) is 0 Å². The van der Waals surface area contributed by atoms with Gasteiger partial charge in [-0.25, -0.2) is 4.39 Å². The van der Waals surface area contributed by atoms with Crippen LogP contribution < -0.4 is 5.32 Å². The van der Waals surface area contributed by atoms with E-state index in [1.807, 2.05) is 12.1 Å². The van der Waals surface area contributed by atoms with Crippen molar-refractivity contribution in [3.63, 3.8) is 0 Å². The largest absolute Gasteiger partial charge is 0.381 e. The second-order valence-corrected chi connectivity index (χ2v) is 4.94. The van der Waals surface area contributed by atoms with Crippen LogP contribution in [0.3, 0.4) is 0 Å². The molecule has 0 radical (unpaired) electrons. The summed E-state index contributed by atoms with van der Waals surface area (Å²) < 4.78 is 19.2. The number of rotatable bonds is 5. The van der Waals surface area contributed by atoms with Crippen LogP contribution >= 0.6 is 0 Å². The Morgan fingerprint density at radius 1 is 1.44 bits per heavy atom. The minimum Gasteiger partial charge on any atom is -0.381 e. The molecule has 1 aromatic rings. The third kappa shape index (κ3) is 3.53. The van der Waals surface area contributed by atoms with Gasteiger partial charge < -0.3 is 10.1 Å². The topological polar surface area (TPSA) is 21.3 Å². The SMILES string of the molecule is CCNC(Cc1ccccc1F)C1CCCOC1. The minimum absolute atomic E-state index is 0.0999. The summed E-state index contributed by atoms with van der Waals surface area (Å²) in [4.78, 5) is 0. The van der Waals surface area contributed by atoms with Gasteiger partial charge in [0.2, 0.25) is 0 Å². The molecule has 1 aliphatic heterocycles. The maximum absolute atomic E-state index is 13.7. The summed E-state index contributed by atoms with van der Waals surface area (Å²) in [6.07, 6.45) is 3.03. The first kappa shape index (κ1) is 13.5. The van der Waals surface area contributed by atoms with Gasteiger partial charge >= 0.3 is 0 Å². The molecule has 0 aliphatic carbocycles. The summed E-state index contributed by atoms with van der Waals surface area (Å²) >= 11 is 0. The summed E-state index contributed by atoms with van der Waals surface area (Å²) in [7, 11) is 0. The molecule has 0 saturated carbocycles. The van der Waals surface area contributed by atoms with E-state index in [9.17, 15) is 4.39 Å². The van der Waals surface area contributed by atoms with Crippen LogP contribution in [0.2, 0.25) is 0 Å². The van der Waals surface area contributed by atoms with Crippen molar-refractivity contribution in [2.75, 3.05) is 19.8 Å². The van der Waals surface area contributed by atoms with Crippen LogP contribution in [0.5, 0.6) is 0 Å². The Bertz CT molecular complexity index is 363. The lowest BCUT2D eigenvalue weighted by molar-refractivity contribution is 0.0394. The van der Waals surface area contributed by atoms with Crippen LogP contribution in [0, 0.1) is 11.7 Å². The molecule has 0 amide bonds. The molecule has 1 heterocycles. The molecule has 1 fully saturated rings. The molecule has 0 aromatic heterocycles. The highest BCUT2D eigenvalue weighted by Crippen LogP contribution is 2.21. The summed E-state index contributed by atoms with van der Waals surface area (Å²) in [5.74, 6) is 0.399. The van der Waals surface area contributed by atoms with E-state index in [2.05, 4.69) is 12.2 Å². The molecule has 2 nitrogen and oxygen atoms in total. The van der Waals surface area contributed by atoms with Crippen molar-refractivity contribution in [2.24, 2.45) is 5.92 Å². The zero-order valence-corrected chi connectivity index (χ0v) is 11.0. The van der Waals surface area contributed by atoms with Gasteiger partial charge in [-0.05, 0) is 43.4 Å². The van der Waals surface area contributed by atoms with Crippen LogP contribution in [0.25, 0.3) is 0 Å². The third-order valence-corrected chi connectivity index (χ3v) is 3.63. The number of hydrogen-bond donors (Lipinski definition) is 1. The van der Waals surface area contributed by atoms with E-state index in [0.29, 0.717) is 12.0 Å². The minimum atomic E-state index is -0.0999. The van der Waals surface area contributed by atoms with E-state index in [4.69, 9.17) is 4.74 Å². The number of likely N-dealkylation sites (N-methyl/N-ethyl adjacent to an activating group) is 1. The summed E-state index contributed by atoms with van der Waals surface area (Å²) in [6.45, 7) is 4.68. The summed E-state index contributed by atoms with van der Waals surface area (Å²) in [5, 5.41) is 3.48. The van der Waals surface area contributed by atoms with Crippen LogP contribution in [0.15, 0.2) is 24.3 Å². The van der Waals surface area contributed by atoms with E-state index < -0.39 is 0 Å². The Hall–Kier alpha value is -0.930. The first-order valence-corrected chi connectivity index (χ1v) is 6.85. The van der Waals surface area contributed by atoms with Gasteiger partial charge in [-0.1, -0.05) is 25.1 Å². The molecule has 1 aliphatic rings. The Balaban J connectivity index is 2.03. The molecule has 1 saturated heterocycles. The van der Waals surface area contributed by atoms with Crippen molar-refractivity contribution in [1.29, 1.82) is 0 Å². The number of halogens is 1. The molecule has 100 valence electrons. The summed E-state index contributed by atoms with van der Waals surface area (Å²) in [5.41, 5.74) is 0.800. The standard InChI is InChI=1S/C15H22FNO/c1-2-17-15(13-7-5-9-18-11-13)10-12-6-3-4-8-14(12)16/h3-4,6,8,13,15,17H,2,5,7,9-11H2,1H3. The van der Waals surface area contributed by atoms with E-state index >= 15 is 0 Å². The van der Waals surface area contributed by atoms with Crippen molar-refractivity contribution in [1.82, 2.24) is 5.32 Å². The molecular formula is C15H22FNO. The van der Waals surface area contributed by atoms with Gasteiger partial charge in [0.25, 0.3) is 0 Å². The maximum atomic E-state index is 13.7. The Labute approximate surface area is 109 Å². The lowest BCUT2D eigenvalue weighted by Gasteiger charge is -2.31. The van der Waals surface area contributed by atoms with Crippen LogP contribution in [-0.4, -0.2) is 25.8 Å². The molecule has 1 N–H and O–H groups in total. The fraction of sp³-hybridized carbons (Fsp3) is 0.600. The van der Waals surface area contributed by atoms with Crippen molar-refractivity contribution in [3.05, 3.63) is 35.6 Å². The molecular weight excluding hydrogens is 229 g/mol. The Morgan fingerprint density at radius 2 is 2.28 bits per heavy atom. The Morgan fingerprint density at radius 3 is 2.94 bits per heavy atom. The highest BCUT2D eigenvalue weighted by Gasteiger charge is 2.24. The molecule has 18 heavy (non-hydrogen) atoms. The van der Waals surface area contributed by atoms with Gasteiger partial charge in [-0.3, -0.25) is 0 Å². The lowest BCUT2D eigenvalue weighted by atomic mass is 9.89. The molecule has 2 unspecified atom stereocenters. The van der Waals surface area contributed by atoms with Crippen molar-refractivity contribution < 1.29 is 9.13 Å². The highest BCUT2D eigenvalue weighted by molar-refractivity contribution is 5.18. The normalized spacial score (nSPS) is 21.8. The highest BCUT2D eigenvalue weighted by atomic mass is 19.1. The lowest BCUT2D eigenvalue weighted by Crippen LogP contribution is -2.41. The maximum Gasteiger partial charge on any atom is 0.126 e. The third-order valence-electron chi connectivity index (χ3n) is 3.63.